The van der Waals surface area contributed by atoms with Gasteiger partial charge in [0.2, 0.25) is 5.91 Å². The zero-order chi connectivity index (χ0) is 13.4. The first kappa shape index (κ1) is 12.0. The summed E-state index contributed by atoms with van der Waals surface area (Å²) < 4.78 is 2.19. The van der Waals surface area contributed by atoms with E-state index in [0.717, 1.165) is 30.5 Å². The maximum absolute atomic E-state index is 11.6. The Morgan fingerprint density at radius 2 is 2.37 bits per heavy atom. The van der Waals surface area contributed by atoms with Gasteiger partial charge in [-0.15, -0.1) is 0 Å². The van der Waals surface area contributed by atoms with Gasteiger partial charge in [-0.2, -0.15) is 0 Å². The van der Waals surface area contributed by atoms with Crippen molar-refractivity contribution in [3.63, 3.8) is 0 Å². The molecule has 3 rings (SSSR count). The number of fused-ring (bicyclic) bond motifs is 1. The number of hydrogen-bond acceptors (Lipinski definition) is 2. The second-order valence-electron chi connectivity index (χ2n) is 5.07. The van der Waals surface area contributed by atoms with Crippen LogP contribution in [0, 0.1) is 6.92 Å². The fourth-order valence-corrected chi connectivity index (χ4v) is 2.73. The average Bonchev–Trinajstić information content (AvgIpc) is 3.03. The van der Waals surface area contributed by atoms with Crippen molar-refractivity contribution < 1.29 is 4.79 Å². The summed E-state index contributed by atoms with van der Waals surface area (Å²) in [6.07, 6.45) is 4.24. The number of carbonyl (C=O) groups is 1. The molecule has 1 unspecified atom stereocenters. The van der Waals surface area contributed by atoms with Gasteiger partial charge in [-0.25, -0.2) is 4.98 Å². The third kappa shape index (κ3) is 2.03. The highest BCUT2D eigenvalue weighted by Crippen LogP contribution is 2.26. The van der Waals surface area contributed by atoms with Crippen LogP contribution in [-0.4, -0.2) is 33.4 Å². The number of nitrogens with zero attached hydrogens (tertiary/aromatic N) is 3. The summed E-state index contributed by atoms with van der Waals surface area (Å²) in [5.41, 5.74) is 3.38. The van der Waals surface area contributed by atoms with Gasteiger partial charge in [-0.05, 0) is 37.1 Å². The molecule has 1 fully saturated rings. The van der Waals surface area contributed by atoms with Crippen molar-refractivity contribution in [1.82, 2.24) is 14.5 Å². The van der Waals surface area contributed by atoms with E-state index in [2.05, 4.69) is 41.3 Å². The van der Waals surface area contributed by atoms with Gasteiger partial charge in [0, 0.05) is 13.1 Å². The largest absolute Gasteiger partial charge is 0.337 e. The van der Waals surface area contributed by atoms with Crippen molar-refractivity contribution in [2.24, 2.45) is 0 Å². The lowest BCUT2D eigenvalue weighted by molar-refractivity contribution is -0.125. The molecule has 0 spiro atoms. The van der Waals surface area contributed by atoms with E-state index in [1.54, 1.807) is 0 Å². The van der Waals surface area contributed by atoms with E-state index >= 15 is 0 Å². The zero-order valence-electron chi connectivity index (χ0n) is 11.0. The number of amides is 1. The molecule has 1 aromatic heterocycles. The van der Waals surface area contributed by atoms with Crippen LogP contribution in [0.15, 0.2) is 37.2 Å². The minimum Gasteiger partial charge on any atom is -0.337 e. The Hall–Kier alpha value is -2.10. The van der Waals surface area contributed by atoms with Crippen LogP contribution in [0.4, 0.5) is 0 Å². The van der Waals surface area contributed by atoms with E-state index < -0.39 is 0 Å². The van der Waals surface area contributed by atoms with Gasteiger partial charge >= 0.3 is 0 Å². The molecule has 1 amide bonds. The van der Waals surface area contributed by atoms with Gasteiger partial charge in [0.1, 0.15) is 0 Å². The zero-order valence-corrected chi connectivity index (χ0v) is 11.0. The number of aromatic nitrogens is 2. The number of rotatable bonds is 2. The monoisotopic (exact) mass is 255 g/mol. The molecule has 19 heavy (non-hydrogen) atoms. The molecule has 98 valence electrons. The molecule has 0 aliphatic carbocycles. The van der Waals surface area contributed by atoms with Crippen LogP contribution in [0.25, 0.3) is 11.0 Å². The minimum atomic E-state index is 0.0164. The molecule has 0 bridgehead atoms. The molecule has 1 aromatic carbocycles. The highest BCUT2D eigenvalue weighted by Gasteiger charge is 2.26. The summed E-state index contributed by atoms with van der Waals surface area (Å²) >= 11 is 0. The van der Waals surface area contributed by atoms with Crippen LogP contribution >= 0.6 is 0 Å². The van der Waals surface area contributed by atoms with Crippen molar-refractivity contribution in [3.8, 4) is 0 Å². The lowest BCUT2D eigenvalue weighted by atomic mass is 10.2. The molecule has 4 heteroatoms. The molecule has 1 aliphatic heterocycles. The first-order chi connectivity index (χ1) is 9.19. The number of benzene rings is 1. The highest BCUT2D eigenvalue weighted by atomic mass is 16.2. The van der Waals surface area contributed by atoms with Gasteiger partial charge in [0.25, 0.3) is 0 Å². The first-order valence-electron chi connectivity index (χ1n) is 6.53. The maximum Gasteiger partial charge on any atom is 0.246 e. The third-order valence-electron chi connectivity index (χ3n) is 3.77. The molecule has 2 heterocycles. The molecule has 0 N–H and O–H groups in total. The second kappa shape index (κ2) is 4.53. The van der Waals surface area contributed by atoms with E-state index in [4.69, 9.17) is 0 Å². The minimum absolute atomic E-state index is 0.0164. The number of aryl methyl sites for hydroxylation is 1. The predicted molar refractivity (Wildman–Crippen MR) is 74.9 cm³/mol. The molecule has 2 aromatic rings. The third-order valence-corrected chi connectivity index (χ3v) is 3.77. The lowest BCUT2D eigenvalue weighted by Gasteiger charge is -2.15. The van der Waals surface area contributed by atoms with Crippen LogP contribution in [0.2, 0.25) is 0 Å². The molecule has 4 nitrogen and oxygen atoms in total. The molecule has 0 saturated carbocycles. The van der Waals surface area contributed by atoms with Crippen LogP contribution in [0.1, 0.15) is 18.0 Å². The first-order valence-corrected chi connectivity index (χ1v) is 6.53. The van der Waals surface area contributed by atoms with Gasteiger partial charge < -0.3 is 9.47 Å². The molecule has 1 aliphatic rings. The Balaban J connectivity index is 1.90. The predicted octanol–water partition coefficient (Wildman–Crippen LogP) is 2.30. The number of carbonyl (C=O) groups excluding carboxylic acids is 1. The topological polar surface area (TPSA) is 38.1 Å². The fraction of sp³-hybridized carbons (Fsp3) is 0.333. The summed E-state index contributed by atoms with van der Waals surface area (Å²) in [6.45, 7) is 7.14. The Kier molecular flexibility index (Phi) is 2.85. The quantitative estimate of drug-likeness (QED) is 0.772. The summed E-state index contributed by atoms with van der Waals surface area (Å²) in [4.78, 5) is 17.9. The fourth-order valence-electron chi connectivity index (χ4n) is 2.73. The molecular formula is C15H17N3O. The summed E-state index contributed by atoms with van der Waals surface area (Å²) in [7, 11) is 0. The van der Waals surface area contributed by atoms with Gasteiger partial charge in [-0.1, -0.05) is 12.6 Å². The summed E-state index contributed by atoms with van der Waals surface area (Å²) in [6, 6.07) is 6.61. The van der Waals surface area contributed by atoms with Crippen LogP contribution in [0.3, 0.4) is 0 Å². The lowest BCUT2D eigenvalue weighted by Crippen LogP contribution is -2.27. The standard InChI is InChI=1S/C15H17N3O/c1-3-15(19)17-7-6-12(9-17)18-10-16-13-8-11(2)4-5-14(13)18/h3-5,8,10,12H,1,6-7,9H2,2H3. The average molecular weight is 255 g/mol. The van der Waals surface area contributed by atoms with Crippen molar-refractivity contribution in [2.75, 3.05) is 13.1 Å². The number of hydrogen-bond donors (Lipinski definition) is 0. The van der Waals surface area contributed by atoms with Gasteiger partial charge in [-0.3, -0.25) is 4.79 Å². The van der Waals surface area contributed by atoms with Crippen molar-refractivity contribution in [2.45, 2.75) is 19.4 Å². The summed E-state index contributed by atoms with van der Waals surface area (Å²) in [5, 5.41) is 0. The van der Waals surface area contributed by atoms with E-state index in [1.165, 1.54) is 11.6 Å². The van der Waals surface area contributed by atoms with Gasteiger partial charge in [0.05, 0.1) is 23.4 Å². The van der Waals surface area contributed by atoms with E-state index in [1.807, 2.05) is 11.2 Å². The summed E-state index contributed by atoms with van der Waals surface area (Å²) in [5.74, 6) is 0.0164. The van der Waals surface area contributed by atoms with Crippen molar-refractivity contribution in [3.05, 3.63) is 42.7 Å². The Bertz CT molecular complexity index is 644. The Morgan fingerprint density at radius 3 is 3.16 bits per heavy atom. The molecule has 1 atom stereocenters. The molecular weight excluding hydrogens is 238 g/mol. The van der Waals surface area contributed by atoms with Crippen molar-refractivity contribution >= 4 is 16.9 Å². The highest BCUT2D eigenvalue weighted by molar-refractivity contribution is 5.87. The number of imidazole rings is 1. The van der Waals surface area contributed by atoms with Crippen LogP contribution in [0.5, 0.6) is 0 Å². The SMILES string of the molecule is C=CC(=O)N1CCC(n2cnc3cc(C)ccc32)C1. The molecule has 0 radical (unpaired) electrons. The Labute approximate surface area is 112 Å². The Morgan fingerprint density at radius 1 is 1.53 bits per heavy atom. The second-order valence-corrected chi connectivity index (χ2v) is 5.07. The number of likely N-dealkylation sites (tertiary alicyclic amines) is 1. The smallest absolute Gasteiger partial charge is 0.246 e. The van der Waals surface area contributed by atoms with Crippen molar-refractivity contribution in [1.29, 1.82) is 0 Å². The van der Waals surface area contributed by atoms with E-state index in [-0.39, 0.29) is 5.91 Å². The van der Waals surface area contributed by atoms with Crippen LogP contribution in [-0.2, 0) is 4.79 Å². The van der Waals surface area contributed by atoms with E-state index in [9.17, 15) is 4.79 Å². The normalized spacial score (nSPS) is 19.0. The maximum atomic E-state index is 11.6. The van der Waals surface area contributed by atoms with E-state index in [0.29, 0.717) is 6.04 Å². The van der Waals surface area contributed by atoms with Crippen LogP contribution < -0.4 is 0 Å². The molecule has 1 saturated heterocycles. The van der Waals surface area contributed by atoms with Gasteiger partial charge in [0.15, 0.2) is 0 Å².